The second kappa shape index (κ2) is 10.7. The molecule has 1 atom stereocenters. The van der Waals surface area contributed by atoms with E-state index in [4.69, 9.17) is 27.9 Å². The van der Waals surface area contributed by atoms with Gasteiger partial charge in [0.2, 0.25) is 0 Å². The zero-order valence-electron chi connectivity index (χ0n) is 20.5. The van der Waals surface area contributed by atoms with Gasteiger partial charge in [-0.25, -0.2) is 0 Å². The highest BCUT2D eigenvalue weighted by Gasteiger charge is 2.44. The molecule has 0 spiro atoms. The van der Waals surface area contributed by atoms with Crippen molar-refractivity contribution < 1.29 is 19.7 Å². The molecule has 4 rings (SSSR count). The van der Waals surface area contributed by atoms with E-state index in [2.05, 4.69) is 18.7 Å². The standard InChI is InChI=1S/C29H31Cl2NO4/c1-28(2,32-16-13-22(19-32)36-26-18-25(33)23(30)17-24(26)31)14-15-29(27(34)35,20-9-5-3-6-10-20)21-11-7-4-8-12-21/h3-12,17-18,22,33H,13-16,19H2,1-2H3,(H,34,35)/t22-/m1/s1. The van der Waals surface area contributed by atoms with Crippen LogP contribution in [-0.4, -0.2) is 45.8 Å². The molecule has 1 aliphatic rings. The van der Waals surface area contributed by atoms with Gasteiger partial charge in [-0.3, -0.25) is 9.69 Å². The zero-order chi connectivity index (χ0) is 25.9. The average molecular weight is 528 g/mol. The molecule has 190 valence electrons. The van der Waals surface area contributed by atoms with Crippen LogP contribution in [0.2, 0.25) is 10.0 Å². The molecule has 0 radical (unpaired) electrons. The predicted octanol–water partition coefficient (Wildman–Crippen LogP) is 6.78. The molecule has 3 aromatic carbocycles. The number of benzene rings is 3. The van der Waals surface area contributed by atoms with E-state index in [0.717, 1.165) is 24.1 Å². The van der Waals surface area contributed by atoms with Gasteiger partial charge in [0, 0.05) is 24.7 Å². The minimum atomic E-state index is -1.15. The van der Waals surface area contributed by atoms with Gasteiger partial charge in [0.05, 0.1) is 10.0 Å². The molecule has 0 aromatic heterocycles. The number of carboxylic acid groups (broad SMARTS) is 1. The van der Waals surface area contributed by atoms with Crippen molar-refractivity contribution in [2.45, 2.75) is 50.2 Å². The number of nitrogens with zero attached hydrogens (tertiary/aromatic N) is 1. The molecule has 0 saturated carbocycles. The van der Waals surface area contributed by atoms with Crippen molar-refractivity contribution in [1.29, 1.82) is 0 Å². The Morgan fingerprint density at radius 3 is 2.11 bits per heavy atom. The number of aromatic hydroxyl groups is 1. The number of carboxylic acids is 1. The first-order valence-electron chi connectivity index (χ1n) is 12.1. The number of ether oxygens (including phenoxy) is 1. The Balaban J connectivity index is 1.52. The summed E-state index contributed by atoms with van der Waals surface area (Å²) < 4.78 is 6.10. The summed E-state index contributed by atoms with van der Waals surface area (Å²) in [5, 5.41) is 21.1. The minimum Gasteiger partial charge on any atom is -0.506 e. The molecule has 36 heavy (non-hydrogen) atoms. The number of carbonyl (C=O) groups is 1. The Hall–Kier alpha value is -2.73. The average Bonchev–Trinajstić information content (AvgIpc) is 3.34. The summed E-state index contributed by atoms with van der Waals surface area (Å²) in [5.74, 6) is -0.519. The minimum absolute atomic E-state index is 0.0712. The van der Waals surface area contributed by atoms with Crippen LogP contribution in [0.25, 0.3) is 0 Å². The Kier molecular flexibility index (Phi) is 7.84. The number of phenols is 1. The Labute approximate surface area is 222 Å². The molecule has 1 fully saturated rings. The predicted molar refractivity (Wildman–Crippen MR) is 143 cm³/mol. The molecule has 5 nitrogen and oxygen atoms in total. The van der Waals surface area contributed by atoms with E-state index < -0.39 is 11.4 Å². The lowest BCUT2D eigenvalue weighted by Gasteiger charge is -2.39. The maximum absolute atomic E-state index is 12.9. The third-order valence-electron chi connectivity index (χ3n) is 7.31. The first-order chi connectivity index (χ1) is 17.1. The van der Waals surface area contributed by atoms with Gasteiger partial charge in [-0.1, -0.05) is 83.9 Å². The van der Waals surface area contributed by atoms with Crippen LogP contribution in [0, 0.1) is 0 Å². The van der Waals surface area contributed by atoms with Crippen LogP contribution < -0.4 is 4.74 Å². The van der Waals surface area contributed by atoms with Gasteiger partial charge in [0.1, 0.15) is 23.0 Å². The summed E-state index contributed by atoms with van der Waals surface area (Å²) in [6.45, 7) is 5.78. The number of hydrogen-bond acceptors (Lipinski definition) is 4. The second-order valence-corrected chi connectivity index (χ2v) is 10.8. The molecule has 0 aliphatic carbocycles. The summed E-state index contributed by atoms with van der Waals surface area (Å²) in [6.07, 6.45) is 1.81. The summed E-state index contributed by atoms with van der Waals surface area (Å²) in [4.78, 5) is 15.3. The van der Waals surface area contributed by atoms with Gasteiger partial charge in [0.15, 0.2) is 0 Å². The van der Waals surface area contributed by atoms with E-state index in [0.29, 0.717) is 30.2 Å². The molecule has 3 aromatic rings. The highest BCUT2D eigenvalue weighted by Crippen LogP contribution is 2.41. The van der Waals surface area contributed by atoms with Crippen molar-refractivity contribution in [2.75, 3.05) is 13.1 Å². The van der Waals surface area contributed by atoms with Gasteiger partial charge in [-0.2, -0.15) is 0 Å². The van der Waals surface area contributed by atoms with Crippen LogP contribution in [0.5, 0.6) is 11.5 Å². The number of aliphatic carboxylic acids is 1. The number of phenolic OH excluding ortho intramolecular Hbond substituents is 1. The number of likely N-dealkylation sites (tertiary alicyclic amines) is 1. The topological polar surface area (TPSA) is 70.0 Å². The maximum Gasteiger partial charge on any atom is 0.318 e. The lowest BCUT2D eigenvalue weighted by Crippen LogP contribution is -2.46. The zero-order valence-corrected chi connectivity index (χ0v) is 22.0. The number of rotatable bonds is 9. The van der Waals surface area contributed by atoms with Crippen LogP contribution in [0.1, 0.15) is 44.2 Å². The second-order valence-electron chi connectivity index (χ2n) is 9.96. The molecule has 7 heteroatoms. The van der Waals surface area contributed by atoms with Gasteiger partial charge >= 0.3 is 5.97 Å². The van der Waals surface area contributed by atoms with Crippen LogP contribution in [0.15, 0.2) is 72.8 Å². The molecule has 1 heterocycles. The molecule has 0 amide bonds. The molecule has 0 unspecified atom stereocenters. The van der Waals surface area contributed by atoms with Crippen molar-refractivity contribution in [1.82, 2.24) is 4.90 Å². The fraction of sp³-hybridized carbons (Fsp3) is 0.345. The molecular formula is C29H31Cl2NO4. The van der Waals surface area contributed by atoms with Crippen LogP contribution in [0.3, 0.4) is 0 Å². The summed E-state index contributed by atoms with van der Waals surface area (Å²) in [5.41, 5.74) is 0.136. The molecule has 2 N–H and O–H groups in total. The van der Waals surface area contributed by atoms with Gasteiger partial charge in [-0.15, -0.1) is 0 Å². The molecule has 1 saturated heterocycles. The van der Waals surface area contributed by atoms with E-state index in [1.807, 2.05) is 60.7 Å². The van der Waals surface area contributed by atoms with Crippen molar-refractivity contribution in [3.63, 3.8) is 0 Å². The van der Waals surface area contributed by atoms with Crippen LogP contribution in [-0.2, 0) is 10.2 Å². The Morgan fingerprint density at radius 1 is 0.972 bits per heavy atom. The fourth-order valence-electron chi connectivity index (χ4n) is 5.07. The molecule has 0 bridgehead atoms. The first kappa shape index (κ1) is 26.3. The maximum atomic E-state index is 12.9. The Bertz CT molecular complexity index is 1160. The lowest BCUT2D eigenvalue weighted by atomic mass is 9.69. The van der Waals surface area contributed by atoms with E-state index in [9.17, 15) is 15.0 Å². The van der Waals surface area contributed by atoms with Crippen molar-refractivity contribution in [3.8, 4) is 11.5 Å². The quantitative estimate of drug-likeness (QED) is 0.320. The van der Waals surface area contributed by atoms with E-state index >= 15 is 0 Å². The van der Waals surface area contributed by atoms with Gasteiger partial charge < -0.3 is 14.9 Å². The first-order valence-corrected chi connectivity index (χ1v) is 12.8. The van der Waals surface area contributed by atoms with Gasteiger partial charge in [0.25, 0.3) is 0 Å². The van der Waals surface area contributed by atoms with Crippen LogP contribution >= 0.6 is 23.2 Å². The Morgan fingerprint density at radius 2 is 1.56 bits per heavy atom. The molecular weight excluding hydrogens is 497 g/mol. The van der Waals surface area contributed by atoms with Gasteiger partial charge in [-0.05, 0) is 50.3 Å². The highest BCUT2D eigenvalue weighted by molar-refractivity contribution is 6.36. The number of hydrogen-bond donors (Lipinski definition) is 2. The largest absolute Gasteiger partial charge is 0.506 e. The third-order valence-corrected chi connectivity index (χ3v) is 7.90. The van der Waals surface area contributed by atoms with Crippen molar-refractivity contribution in [3.05, 3.63) is 94.0 Å². The van der Waals surface area contributed by atoms with E-state index in [1.54, 1.807) is 0 Å². The summed E-state index contributed by atoms with van der Waals surface area (Å²) in [7, 11) is 0. The monoisotopic (exact) mass is 527 g/mol. The fourth-order valence-corrected chi connectivity index (χ4v) is 5.50. The van der Waals surface area contributed by atoms with E-state index in [-0.39, 0.29) is 22.4 Å². The van der Waals surface area contributed by atoms with Crippen molar-refractivity contribution >= 4 is 29.2 Å². The number of halogens is 2. The summed E-state index contributed by atoms with van der Waals surface area (Å²) >= 11 is 12.2. The molecule has 1 aliphatic heterocycles. The van der Waals surface area contributed by atoms with E-state index in [1.165, 1.54) is 12.1 Å². The van der Waals surface area contributed by atoms with Crippen LogP contribution in [0.4, 0.5) is 0 Å². The third kappa shape index (κ3) is 5.34. The SMILES string of the molecule is CC(C)(CCC(C(=O)O)(c1ccccc1)c1ccccc1)N1CC[C@@H](Oc2cc(O)c(Cl)cc2Cl)C1. The smallest absolute Gasteiger partial charge is 0.318 e. The summed E-state index contributed by atoms with van der Waals surface area (Å²) in [6, 6.07) is 21.9. The normalized spacial score (nSPS) is 16.7. The highest BCUT2D eigenvalue weighted by atomic mass is 35.5. The van der Waals surface area contributed by atoms with Crippen molar-refractivity contribution in [2.24, 2.45) is 0 Å². The lowest BCUT2D eigenvalue weighted by molar-refractivity contribution is -0.142.